The summed E-state index contributed by atoms with van der Waals surface area (Å²) in [6, 6.07) is 4.66. The zero-order chi connectivity index (χ0) is 9.14. The van der Waals surface area contributed by atoms with E-state index in [1.165, 1.54) is 22.3 Å². The van der Waals surface area contributed by atoms with Crippen LogP contribution in [0.3, 0.4) is 0 Å². The summed E-state index contributed by atoms with van der Waals surface area (Å²) in [5.74, 6) is 0. The third-order valence-electron chi connectivity index (χ3n) is 2.56. The molecule has 0 saturated carbocycles. The third kappa shape index (κ3) is 1.69. The number of aryl methyl sites for hydroxylation is 4. The van der Waals surface area contributed by atoms with Gasteiger partial charge in [0.15, 0.2) is 0 Å². The Hall–Kier alpha value is -0.780. The Morgan fingerprint density at radius 3 is 1.42 bits per heavy atom. The predicted molar refractivity (Wildman–Crippen MR) is 54.7 cm³/mol. The maximum atomic E-state index is 2.33. The highest BCUT2D eigenvalue weighted by Gasteiger charge is 2.00. The van der Waals surface area contributed by atoms with Gasteiger partial charge in [-0.05, 0) is 48.9 Å². The normalized spacial score (nSPS) is 10.3. The molecule has 0 N–H and O–H groups in total. The molecule has 0 heteroatoms. The first-order valence-electron chi connectivity index (χ1n) is 4.78. The van der Waals surface area contributed by atoms with E-state index in [-0.39, 0.29) is 0 Å². The summed E-state index contributed by atoms with van der Waals surface area (Å²) in [5.41, 5.74) is 5.87. The second-order valence-electron chi connectivity index (χ2n) is 3.41. The van der Waals surface area contributed by atoms with Crippen LogP contribution in [0.4, 0.5) is 0 Å². The van der Waals surface area contributed by atoms with E-state index < -0.39 is 0 Å². The molecule has 0 aliphatic carbocycles. The van der Waals surface area contributed by atoms with Crippen LogP contribution in [-0.2, 0) is 12.8 Å². The van der Waals surface area contributed by atoms with E-state index >= 15 is 0 Å². The van der Waals surface area contributed by atoms with Gasteiger partial charge in [-0.15, -0.1) is 0 Å². The van der Waals surface area contributed by atoms with Crippen LogP contribution in [0.2, 0.25) is 0 Å². The highest BCUT2D eigenvalue weighted by atomic mass is 14.1. The SMILES string of the molecule is CCc1cc(C)c(CC)cc1C. The van der Waals surface area contributed by atoms with Gasteiger partial charge in [0, 0.05) is 0 Å². The molecule has 0 bridgehead atoms. The van der Waals surface area contributed by atoms with Crippen molar-refractivity contribution in [2.24, 2.45) is 0 Å². The lowest BCUT2D eigenvalue weighted by Gasteiger charge is -2.08. The molecule has 1 aromatic carbocycles. The van der Waals surface area contributed by atoms with E-state index in [0.29, 0.717) is 0 Å². The van der Waals surface area contributed by atoms with E-state index in [1.807, 2.05) is 0 Å². The lowest BCUT2D eigenvalue weighted by molar-refractivity contribution is 1.05. The van der Waals surface area contributed by atoms with Crippen molar-refractivity contribution in [3.05, 3.63) is 34.4 Å². The fourth-order valence-corrected chi connectivity index (χ4v) is 1.70. The van der Waals surface area contributed by atoms with Gasteiger partial charge >= 0.3 is 0 Å². The van der Waals surface area contributed by atoms with Crippen molar-refractivity contribution in [3.8, 4) is 0 Å². The minimum Gasteiger partial charge on any atom is -0.0613 e. The molecule has 0 nitrogen and oxygen atoms in total. The zero-order valence-electron chi connectivity index (χ0n) is 8.57. The van der Waals surface area contributed by atoms with E-state index in [1.54, 1.807) is 0 Å². The fourth-order valence-electron chi connectivity index (χ4n) is 1.70. The first-order chi connectivity index (χ1) is 5.69. The molecular weight excluding hydrogens is 144 g/mol. The quantitative estimate of drug-likeness (QED) is 0.625. The molecule has 0 fully saturated rings. The largest absolute Gasteiger partial charge is 0.0613 e. The van der Waals surface area contributed by atoms with Gasteiger partial charge in [-0.3, -0.25) is 0 Å². The smallest absolute Gasteiger partial charge is 0.0305 e. The van der Waals surface area contributed by atoms with Crippen molar-refractivity contribution < 1.29 is 0 Å². The summed E-state index contributed by atoms with van der Waals surface area (Å²) in [6.07, 6.45) is 2.30. The Bertz CT molecular complexity index is 242. The lowest BCUT2D eigenvalue weighted by Crippen LogP contribution is -1.93. The van der Waals surface area contributed by atoms with Crippen molar-refractivity contribution in [2.45, 2.75) is 40.5 Å². The molecule has 0 atom stereocenters. The maximum absolute atomic E-state index is 2.33. The van der Waals surface area contributed by atoms with Gasteiger partial charge in [0.1, 0.15) is 0 Å². The number of hydrogen-bond donors (Lipinski definition) is 0. The molecule has 12 heavy (non-hydrogen) atoms. The molecular formula is C12H18. The summed E-state index contributed by atoms with van der Waals surface area (Å²) in [6.45, 7) is 8.84. The van der Waals surface area contributed by atoms with Crippen LogP contribution in [0.1, 0.15) is 36.1 Å². The third-order valence-corrected chi connectivity index (χ3v) is 2.56. The Balaban J connectivity index is 3.16. The van der Waals surface area contributed by atoms with Gasteiger partial charge < -0.3 is 0 Å². The Kier molecular flexibility index (Phi) is 2.91. The minimum atomic E-state index is 1.15. The van der Waals surface area contributed by atoms with Crippen LogP contribution >= 0.6 is 0 Å². The average Bonchev–Trinajstić information content (AvgIpc) is 2.08. The second kappa shape index (κ2) is 3.75. The maximum Gasteiger partial charge on any atom is -0.0305 e. The van der Waals surface area contributed by atoms with Crippen LogP contribution in [0.15, 0.2) is 12.1 Å². The van der Waals surface area contributed by atoms with Gasteiger partial charge in [0.2, 0.25) is 0 Å². The molecule has 0 radical (unpaired) electrons. The van der Waals surface area contributed by atoms with Crippen LogP contribution in [-0.4, -0.2) is 0 Å². The number of benzene rings is 1. The van der Waals surface area contributed by atoms with Crippen molar-refractivity contribution >= 4 is 0 Å². The summed E-state index contributed by atoms with van der Waals surface area (Å²) >= 11 is 0. The van der Waals surface area contributed by atoms with Gasteiger partial charge in [-0.2, -0.15) is 0 Å². The highest BCUT2D eigenvalue weighted by Crippen LogP contribution is 2.16. The first kappa shape index (κ1) is 9.31. The molecule has 0 spiro atoms. The Morgan fingerprint density at radius 1 is 0.833 bits per heavy atom. The van der Waals surface area contributed by atoms with Crippen LogP contribution < -0.4 is 0 Å². The van der Waals surface area contributed by atoms with Crippen molar-refractivity contribution in [3.63, 3.8) is 0 Å². The van der Waals surface area contributed by atoms with E-state index in [9.17, 15) is 0 Å². The van der Waals surface area contributed by atoms with Crippen LogP contribution in [0.5, 0.6) is 0 Å². The Morgan fingerprint density at radius 2 is 1.17 bits per heavy atom. The predicted octanol–water partition coefficient (Wildman–Crippen LogP) is 3.43. The molecule has 1 rings (SSSR count). The summed E-state index contributed by atoms with van der Waals surface area (Å²) in [7, 11) is 0. The molecule has 0 aliphatic heterocycles. The van der Waals surface area contributed by atoms with Gasteiger partial charge in [-0.1, -0.05) is 26.0 Å². The van der Waals surface area contributed by atoms with Gasteiger partial charge in [0.05, 0.1) is 0 Å². The molecule has 0 heterocycles. The molecule has 66 valence electrons. The first-order valence-corrected chi connectivity index (χ1v) is 4.78. The van der Waals surface area contributed by atoms with Gasteiger partial charge in [-0.25, -0.2) is 0 Å². The Labute approximate surface area is 75.6 Å². The van der Waals surface area contributed by atoms with Crippen molar-refractivity contribution in [2.75, 3.05) is 0 Å². The molecule has 0 amide bonds. The van der Waals surface area contributed by atoms with E-state index in [2.05, 4.69) is 39.8 Å². The number of rotatable bonds is 2. The number of hydrogen-bond acceptors (Lipinski definition) is 0. The summed E-state index contributed by atoms with van der Waals surface area (Å²) in [5, 5.41) is 0. The lowest BCUT2D eigenvalue weighted by atomic mass is 9.97. The standard InChI is InChI=1S/C12H18/c1-5-11-7-10(4)12(6-2)8-9(11)3/h7-8H,5-6H2,1-4H3. The molecule has 0 unspecified atom stereocenters. The van der Waals surface area contributed by atoms with Gasteiger partial charge in [0.25, 0.3) is 0 Å². The monoisotopic (exact) mass is 162 g/mol. The zero-order valence-corrected chi connectivity index (χ0v) is 8.57. The van der Waals surface area contributed by atoms with E-state index in [0.717, 1.165) is 12.8 Å². The second-order valence-corrected chi connectivity index (χ2v) is 3.41. The fraction of sp³-hybridized carbons (Fsp3) is 0.500. The molecule has 1 aromatic rings. The average molecular weight is 162 g/mol. The minimum absolute atomic E-state index is 1.15. The van der Waals surface area contributed by atoms with Crippen LogP contribution in [0.25, 0.3) is 0 Å². The summed E-state index contributed by atoms with van der Waals surface area (Å²) in [4.78, 5) is 0. The van der Waals surface area contributed by atoms with Crippen LogP contribution in [0, 0.1) is 13.8 Å². The highest BCUT2D eigenvalue weighted by molar-refractivity contribution is 5.37. The molecule has 0 aliphatic rings. The molecule has 0 aromatic heterocycles. The van der Waals surface area contributed by atoms with Crippen molar-refractivity contribution in [1.29, 1.82) is 0 Å². The topological polar surface area (TPSA) is 0 Å². The molecule has 0 saturated heterocycles. The summed E-state index contributed by atoms with van der Waals surface area (Å²) < 4.78 is 0. The van der Waals surface area contributed by atoms with Crippen molar-refractivity contribution in [1.82, 2.24) is 0 Å². The van der Waals surface area contributed by atoms with E-state index in [4.69, 9.17) is 0 Å².